The van der Waals surface area contributed by atoms with Crippen molar-refractivity contribution in [3.05, 3.63) is 48.3 Å². The first kappa shape index (κ1) is 18.9. The topological polar surface area (TPSA) is 76.1 Å². The Bertz CT molecular complexity index is 763. The smallest absolute Gasteiger partial charge is 0.418 e. The van der Waals surface area contributed by atoms with Crippen molar-refractivity contribution < 1.29 is 22.7 Å². The van der Waals surface area contributed by atoms with E-state index in [0.717, 1.165) is 6.07 Å². The van der Waals surface area contributed by atoms with E-state index >= 15 is 0 Å². The number of alkyl halides is 3. The molecule has 1 aliphatic carbocycles. The van der Waals surface area contributed by atoms with E-state index in [2.05, 4.69) is 20.6 Å². The van der Waals surface area contributed by atoms with Gasteiger partial charge in [0, 0.05) is 18.4 Å². The lowest BCUT2D eigenvalue weighted by molar-refractivity contribution is -0.136. The van der Waals surface area contributed by atoms with Gasteiger partial charge in [0.1, 0.15) is 6.10 Å². The number of rotatable bonds is 4. The van der Waals surface area contributed by atoms with Crippen LogP contribution in [0.4, 0.5) is 23.7 Å². The third-order valence-electron chi connectivity index (χ3n) is 4.30. The molecule has 1 aromatic heterocycles. The monoisotopic (exact) mass is 380 g/mol. The van der Waals surface area contributed by atoms with Gasteiger partial charge in [-0.1, -0.05) is 12.1 Å². The Kier molecular flexibility index (Phi) is 5.78. The van der Waals surface area contributed by atoms with Crippen LogP contribution in [0.3, 0.4) is 0 Å². The zero-order chi connectivity index (χ0) is 19.3. The van der Waals surface area contributed by atoms with E-state index in [9.17, 15) is 18.0 Å². The van der Waals surface area contributed by atoms with Crippen LogP contribution < -0.4 is 15.4 Å². The van der Waals surface area contributed by atoms with Crippen LogP contribution in [0.2, 0.25) is 0 Å². The standard InChI is InChI=1S/C18H19F3N4O2/c19-18(20,21)14-4-1-2-5-15(14)25-16(26)24-12-6-8-13(9-7-12)27-17-22-10-3-11-23-17/h1-5,10-13H,6-9H2,(H2,24,25,26). The predicted molar refractivity (Wildman–Crippen MR) is 92.3 cm³/mol. The van der Waals surface area contributed by atoms with Crippen molar-refractivity contribution in [2.24, 2.45) is 0 Å². The molecule has 2 N–H and O–H groups in total. The third kappa shape index (κ3) is 5.32. The van der Waals surface area contributed by atoms with Gasteiger partial charge in [-0.15, -0.1) is 0 Å². The molecule has 1 heterocycles. The van der Waals surface area contributed by atoms with Crippen molar-refractivity contribution in [3.63, 3.8) is 0 Å². The summed E-state index contributed by atoms with van der Waals surface area (Å²) in [5, 5.41) is 5.02. The predicted octanol–water partition coefficient (Wildman–Crippen LogP) is 4.01. The van der Waals surface area contributed by atoms with Crippen LogP contribution >= 0.6 is 0 Å². The maximum atomic E-state index is 13.0. The summed E-state index contributed by atoms with van der Waals surface area (Å²) >= 11 is 0. The van der Waals surface area contributed by atoms with Gasteiger partial charge in [-0.2, -0.15) is 13.2 Å². The van der Waals surface area contributed by atoms with Crippen LogP contribution in [-0.2, 0) is 6.18 Å². The number of benzene rings is 1. The largest absolute Gasteiger partial charge is 0.460 e. The molecule has 6 nitrogen and oxygen atoms in total. The Hall–Kier alpha value is -2.84. The van der Waals surface area contributed by atoms with Gasteiger partial charge in [-0.25, -0.2) is 14.8 Å². The number of aromatic nitrogens is 2. The molecule has 0 aliphatic heterocycles. The summed E-state index contributed by atoms with van der Waals surface area (Å²) in [6, 6.07) is 6.13. The fourth-order valence-corrected chi connectivity index (χ4v) is 3.00. The first-order chi connectivity index (χ1) is 12.9. The Labute approximate surface area is 154 Å². The molecule has 1 fully saturated rings. The maximum Gasteiger partial charge on any atom is 0.418 e. The second kappa shape index (κ2) is 8.24. The molecule has 0 radical (unpaired) electrons. The number of halogens is 3. The SMILES string of the molecule is O=C(Nc1ccccc1C(F)(F)F)NC1CCC(Oc2ncccn2)CC1. The van der Waals surface area contributed by atoms with Gasteiger partial charge in [0.2, 0.25) is 0 Å². The quantitative estimate of drug-likeness (QED) is 0.840. The lowest BCUT2D eigenvalue weighted by Gasteiger charge is -2.29. The van der Waals surface area contributed by atoms with Crippen LogP contribution in [0.1, 0.15) is 31.2 Å². The molecule has 0 saturated heterocycles. The molecule has 1 saturated carbocycles. The normalized spacial score (nSPS) is 20.0. The molecule has 1 aromatic carbocycles. The average molecular weight is 380 g/mol. The Morgan fingerprint density at radius 3 is 2.37 bits per heavy atom. The highest BCUT2D eigenvalue weighted by molar-refractivity contribution is 5.90. The molecule has 2 aromatic rings. The van der Waals surface area contributed by atoms with Crippen LogP contribution in [-0.4, -0.2) is 28.1 Å². The molecule has 144 valence electrons. The molecule has 9 heteroatoms. The van der Waals surface area contributed by atoms with Gasteiger partial charge in [-0.3, -0.25) is 0 Å². The maximum absolute atomic E-state index is 13.0. The van der Waals surface area contributed by atoms with Crippen LogP contribution in [0.15, 0.2) is 42.7 Å². The van der Waals surface area contributed by atoms with Crippen LogP contribution in [0.25, 0.3) is 0 Å². The van der Waals surface area contributed by atoms with Gasteiger partial charge in [-0.05, 0) is 43.9 Å². The number of nitrogens with one attached hydrogen (secondary N) is 2. The van der Waals surface area contributed by atoms with Crippen molar-refractivity contribution in [3.8, 4) is 6.01 Å². The molecule has 0 spiro atoms. The van der Waals surface area contributed by atoms with Gasteiger partial charge >= 0.3 is 18.2 Å². The van der Waals surface area contributed by atoms with Crippen LogP contribution in [0, 0.1) is 0 Å². The first-order valence-corrected chi connectivity index (χ1v) is 8.59. The average Bonchev–Trinajstić information content (AvgIpc) is 2.64. The fraction of sp³-hybridized carbons (Fsp3) is 0.389. The van der Waals surface area contributed by atoms with E-state index in [1.807, 2.05) is 0 Å². The zero-order valence-corrected chi connectivity index (χ0v) is 14.4. The van der Waals surface area contributed by atoms with Gasteiger partial charge in [0.15, 0.2) is 0 Å². The summed E-state index contributed by atoms with van der Waals surface area (Å²) in [6.07, 6.45) is 1.33. The number of carbonyl (C=O) groups excluding carboxylic acids is 1. The number of urea groups is 1. The summed E-state index contributed by atoms with van der Waals surface area (Å²) < 4.78 is 44.6. The number of hydrogen-bond donors (Lipinski definition) is 2. The van der Waals surface area contributed by atoms with Crippen LogP contribution in [0.5, 0.6) is 6.01 Å². The summed E-state index contributed by atoms with van der Waals surface area (Å²) in [5.74, 6) is 0. The van der Waals surface area contributed by atoms with Gasteiger partial charge < -0.3 is 15.4 Å². The summed E-state index contributed by atoms with van der Waals surface area (Å²) in [7, 11) is 0. The van der Waals surface area contributed by atoms with Gasteiger partial charge in [0.25, 0.3) is 0 Å². The van der Waals surface area contributed by atoms with E-state index in [0.29, 0.717) is 31.7 Å². The second-order valence-corrected chi connectivity index (χ2v) is 6.26. The Balaban J connectivity index is 1.49. The lowest BCUT2D eigenvalue weighted by Crippen LogP contribution is -2.42. The molecule has 2 amide bonds. The minimum atomic E-state index is -4.53. The summed E-state index contributed by atoms with van der Waals surface area (Å²) in [5.41, 5.74) is -1.14. The number of ether oxygens (including phenoxy) is 1. The number of amides is 2. The number of nitrogens with zero attached hydrogens (tertiary/aromatic N) is 2. The number of hydrogen-bond acceptors (Lipinski definition) is 4. The highest BCUT2D eigenvalue weighted by Crippen LogP contribution is 2.34. The van der Waals surface area contributed by atoms with E-state index in [4.69, 9.17) is 4.74 Å². The van der Waals surface area contributed by atoms with Crippen molar-refractivity contribution in [2.45, 2.75) is 44.0 Å². The highest BCUT2D eigenvalue weighted by Gasteiger charge is 2.33. The molecular weight excluding hydrogens is 361 g/mol. The molecule has 0 unspecified atom stereocenters. The number of carbonyl (C=O) groups is 1. The van der Waals surface area contributed by atoms with Crippen molar-refractivity contribution in [1.82, 2.24) is 15.3 Å². The van der Waals surface area contributed by atoms with Crippen molar-refractivity contribution >= 4 is 11.7 Å². The van der Waals surface area contributed by atoms with Gasteiger partial charge in [0.05, 0.1) is 11.3 Å². The first-order valence-electron chi connectivity index (χ1n) is 8.59. The highest BCUT2D eigenvalue weighted by atomic mass is 19.4. The molecule has 27 heavy (non-hydrogen) atoms. The number of anilines is 1. The van der Waals surface area contributed by atoms with E-state index < -0.39 is 17.8 Å². The molecular formula is C18H19F3N4O2. The van der Waals surface area contributed by atoms with E-state index in [1.54, 1.807) is 18.5 Å². The lowest BCUT2D eigenvalue weighted by atomic mass is 9.93. The number of para-hydroxylation sites is 1. The van der Waals surface area contributed by atoms with Crippen molar-refractivity contribution in [2.75, 3.05) is 5.32 Å². The molecule has 0 bridgehead atoms. The fourth-order valence-electron chi connectivity index (χ4n) is 3.00. The second-order valence-electron chi connectivity index (χ2n) is 6.26. The Morgan fingerprint density at radius 2 is 1.70 bits per heavy atom. The van der Waals surface area contributed by atoms with Crippen molar-refractivity contribution in [1.29, 1.82) is 0 Å². The van der Waals surface area contributed by atoms with E-state index in [-0.39, 0.29) is 17.8 Å². The summed E-state index contributed by atoms with van der Waals surface area (Å²) in [6.45, 7) is 0. The Morgan fingerprint density at radius 1 is 1.04 bits per heavy atom. The summed E-state index contributed by atoms with van der Waals surface area (Å²) in [4.78, 5) is 20.1. The molecule has 1 aliphatic rings. The molecule has 0 atom stereocenters. The zero-order valence-electron chi connectivity index (χ0n) is 14.4. The third-order valence-corrected chi connectivity index (χ3v) is 4.30. The van der Waals surface area contributed by atoms with E-state index in [1.165, 1.54) is 18.2 Å². The minimum absolute atomic E-state index is 0.0422. The molecule has 3 rings (SSSR count). The minimum Gasteiger partial charge on any atom is -0.460 e.